The maximum absolute atomic E-state index is 12.2. The lowest BCUT2D eigenvalue weighted by Gasteiger charge is -2.20. The van der Waals surface area contributed by atoms with E-state index in [1.165, 1.54) is 11.3 Å². The average molecular weight is 343 g/mol. The lowest BCUT2D eigenvalue weighted by molar-refractivity contribution is 0.0915. The van der Waals surface area contributed by atoms with E-state index in [1.807, 2.05) is 19.2 Å². The highest BCUT2D eigenvalue weighted by Gasteiger charge is 2.28. The van der Waals surface area contributed by atoms with Gasteiger partial charge in [0.25, 0.3) is 5.91 Å². The molecule has 2 aromatic heterocycles. The first-order chi connectivity index (χ1) is 10.3. The molecule has 9 heteroatoms. The summed E-state index contributed by atoms with van der Waals surface area (Å²) in [6.45, 7) is 3.88. The van der Waals surface area contributed by atoms with E-state index in [4.69, 9.17) is 4.42 Å². The van der Waals surface area contributed by atoms with Gasteiger partial charge in [0.15, 0.2) is 0 Å². The van der Waals surface area contributed by atoms with E-state index in [2.05, 4.69) is 15.5 Å². The second-order valence-corrected chi connectivity index (χ2v) is 7.83. The molecule has 0 saturated carbocycles. The van der Waals surface area contributed by atoms with Crippen molar-refractivity contribution in [3.8, 4) is 0 Å². The smallest absolute Gasteiger partial charge is 0.335 e. The van der Waals surface area contributed by atoms with Gasteiger partial charge in [-0.05, 0) is 17.4 Å². The van der Waals surface area contributed by atoms with E-state index in [0.29, 0.717) is 4.88 Å². The molecule has 2 heterocycles. The quantitative estimate of drug-likeness (QED) is 0.861. The number of carbonyl (C=O) groups is 1. The lowest BCUT2D eigenvalue weighted by atomic mass is 9.99. The summed E-state index contributed by atoms with van der Waals surface area (Å²) in [4.78, 5) is 12.8. The molecular weight excluding hydrogens is 326 g/mol. The summed E-state index contributed by atoms with van der Waals surface area (Å²) in [5, 5.41) is 11.5. The largest absolute Gasteiger partial charge is 0.410 e. The molecule has 120 valence electrons. The number of aromatic nitrogens is 2. The highest BCUT2D eigenvalue weighted by atomic mass is 32.2. The van der Waals surface area contributed by atoms with Crippen molar-refractivity contribution in [2.24, 2.45) is 5.92 Å². The van der Waals surface area contributed by atoms with E-state index in [0.717, 1.165) is 12.7 Å². The van der Waals surface area contributed by atoms with Crippen LogP contribution in [-0.2, 0) is 9.84 Å². The highest BCUT2D eigenvalue weighted by Crippen LogP contribution is 2.25. The monoisotopic (exact) mass is 343 g/mol. The normalized spacial score (nSPS) is 14.5. The standard InChI is InChI=1S/C13H17N3O4S2/c1-4-8(2)10(14-11(17)9-6-5-7-21-9)12-15-16-13(20-12)22(3,18)19/h5-8,10H,4H2,1-3H3,(H,14,17)/t8-,10+/m1/s1. The van der Waals surface area contributed by atoms with Gasteiger partial charge in [-0.3, -0.25) is 4.79 Å². The van der Waals surface area contributed by atoms with Crippen LogP contribution in [0.15, 0.2) is 27.2 Å². The summed E-state index contributed by atoms with van der Waals surface area (Å²) >= 11 is 1.32. The number of rotatable bonds is 6. The first-order valence-corrected chi connectivity index (χ1v) is 9.47. The zero-order chi connectivity index (χ0) is 16.3. The Kier molecular flexibility index (Phi) is 4.97. The van der Waals surface area contributed by atoms with Crippen molar-refractivity contribution in [1.29, 1.82) is 0 Å². The number of nitrogens with zero attached hydrogens (tertiary/aromatic N) is 2. The first-order valence-electron chi connectivity index (χ1n) is 6.70. The number of thiophene rings is 1. The third kappa shape index (κ3) is 3.72. The number of hydrogen-bond donors (Lipinski definition) is 1. The van der Waals surface area contributed by atoms with Gasteiger partial charge in [0.05, 0.1) is 4.88 Å². The van der Waals surface area contributed by atoms with Crippen molar-refractivity contribution in [1.82, 2.24) is 15.5 Å². The summed E-state index contributed by atoms with van der Waals surface area (Å²) < 4.78 is 28.1. The SMILES string of the molecule is CC[C@@H](C)[C@H](NC(=O)c1cccs1)c1nnc(S(C)(=O)=O)o1. The molecule has 0 aromatic carbocycles. The second-order valence-electron chi connectivity index (χ2n) is 4.99. The van der Waals surface area contributed by atoms with Crippen molar-refractivity contribution in [2.75, 3.05) is 6.26 Å². The molecule has 22 heavy (non-hydrogen) atoms. The average Bonchev–Trinajstić information content (AvgIpc) is 3.13. The third-order valence-corrected chi connectivity index (χ3v) is 4.92. The predicted octanol–water partition coefficient (Wildman–Crippen LogP) is 2.05. The Bertz CT molecular complexity index is 737. The molecule has 0 radical (unpaired) electrons. The number of amides is 1. The van der Waals surface area contributed by atoms with Crippen LogP contribution in [0, 0.1) is 5.92 Å². The predicted molar refractivity (Wildman–Crippen MR) is 81.4 cm³/mol. The van der Waals surface area contributed by atoms with Gasteiger partial charge in [-0.1, -0.05) is 31.4 Å². The van der Waals surface area contributed by atoms with Crippen LogP contribution in [0.3, 0.4) is 0 Å². The lowest BCUT2D eigenvalue weighted by Crippen LogP contribution is -2.32. The zero-order valence-electron chi connectivity index (χ0n) is 12.4. The van der Waals surface area contributed by atoms with Gasteiger partial charge in [0.1, 0.15) is 6.04 Å². The van der Waals surface area contributed by atoms with Crippen LogP contribution in [-0.4, -0.2) is 30.8 Å². The molecule has 2 atom stereocenters. The molecule has 2 rings (SSSR count). The Labute approximate surface area is 132 Å². The molecule has 0 bridgehead atoms. The van der Waals surface area contributed by atoms with E-state index in [-0.39, 0.29) is 17.7 Å². The molecule has 1 amide bonds. The molecule has 0 unspecified atom stereocenters. The van der Waals surface area contributed by atoms with E-state index < -0.39 is 21.1 Å². The number of sulfone groups is 1. The molecule has 0 aliphatic carbocycles. The van der Waals surface area contributed by atoms with Crippen molar-refractivity contribution < 1.29 is 17.6 Å². The molecule has 2 aromatic rings. The number of carbonyl (C=O) groups excluding carboxylic acids is 1. The van der Waals surface area contributed by atoms with Crippen molar-refractivity contribution in [3.63, 3.8) is 0 Å². The number of nitrogens with one attached hydrogen (secondary N) is 1. The molecule has 0 aliphatic rings. The van der Waals surface area contributed by atoms with Crippen molar-refractivity contribution >= 4 is 27.1 Å². The fraction of sp³-hybridized carbons (Fsp3) is 0.462. The van der Waals surface area contributed by atoms with Crippen molar-refractivity contribution in [2.45, 2.75) is 31.5 Å². The van der Waals surface area contributed by atoms with Crippen LogP contribution in [0.4, 0.5) is 0 Å². The Morgan fingerprint density at radius 3 is 2.68 bits per heavy atom. The van der Waals surface area contributed by atoms with Gasteiger partial charge < -0.3 is 9.73 Å². The first kappa shape index (κ1) is 16.6. The fourth-order valence-corrected chi connectivity index (χ4v) is 2.85. The van der Waals surface area contributed by atoms with Crippen LogP contribution in [0.5, 0.6) is 0 Å². The van der Waals surface area contributed by atoms with Gasteiger partial charge >= 0.3 is 5.22 Å². The topological polar surface area (TPSA) is 102 Å². The summed E-state index contributed by atoms with van der Waals surface area (Å²) in [5.74, 6) is -0.143. The maximum Gasteiger partial charge on any atom is 0.335 e. The van der Waals surface area contributed by atoms with E-state index in [1.54, 1.807) is 12.1 Å². The van der Waals surface area contributed by atoms with Crippen LogP contribution in [0.1, 0.15) is 41.9 Å². The highest BCUT2D eigenvalue weighted by molar-refractivity contribution is 7.90. The zero-order valence-corrected chi connectivity index (χ0v) is 14.1. The molecular formula is C13H17N3O4S2. The number of hydrogen-bond acceptors (Lipinski definition) is 7. The van der Waals surface area contributed by atoms with Gasteiger partial charge in [0, 0.05) is 6.26 Å². The molecule has 0 saturated heterocycles. The Balaban J connectivity index is 2.27. The fourth-order valence-electron chi connectivity index (χ4n) is 1.80. The Morgan fingerprint density at radius 2 is 2.18 bits per heavy atom. The summed E-state index contributed by atoms with van der Waals surface area (Å²) in [5.41, 5.74) is 0. The Hall–Kier alpha value is -1.74. The summed E-state index contributed by atoms with van der Waals surface area (Å²) in [6.07, 6.45) is 1.75. The maximum atomic E-state index is 12.2. The molecule has 7 nitrogen and oxygen atoms in total. The van der Waals surface area contributed by atoms with Gasteiger partial charge in [-0.2, -0.15) is 0 Å². The van der Waals surface area contributed by atoms with Crippen LogP contribution >= 0.6 is 11.3 Å². The minimum Gasteiger partial charge on any atom is -0.410 e. The van der Waals surface area contributed by atoms with Gasteiger partial charge in [-0.15, -0.1) is 16.4 Å². The van der Waals surface area contributed by atoms with Crippen LogP contribution in [0.25, 0.3) is 0 Å². The van der Waals surface area contributed by atoms with E-state index >= 15 is 0 Å². The van der Waals surface area contributed by atoms with Crippen LogP contribution < -0.4 is 5.32 Å². The molecule has 0 aliphatic heterocycles. The van der Waals surface area contributed by atoms with Gasteiger partial charge in [0.2, 0.25) is 15.7 Å². The molecule has 0 spiro atoms. The second kappa shape index (κ2) is 6.57. The molecule has 0 fully saturated rings. The molecule has 1 N–H and O–H groups in total. The third-order valence-electron chi connectivity index (χ3n) is 3.25. The van der Waals surface area contributed by atoms with Gasteiger partial charge in [-0.25, -0.2) is 8.42 Å². The summed E-state index contributed by atoms with van der Waals surface area (Å²) in [7, 11) is -3.57. The van der Waals surface area contributed by atoms with E-state index in [9.17, 15) is 13.2 Å². The minimum absolute atomic E-state index is 0.0109. The van der Waals surface area contributed by atoms with Crippen LogP contribution in [0.2, 0.25) is 0 Å². The van der Waals surface area contributed by atoms with Crippen molar-refractivity contribution in [3.05, 3.63) is 28.3 Å². The minimum atomic E-state index is -3.57. The summed E-state index contributed by atoms with van der Waals surface area (Å²) in [6, 6.07) is 2.96. The Morgan fingerprint density at radius 1 is 1.45 bits per heavy atom.